The fourth-order valence-corrected chi connectivity index (χ4v) is 1.42. The fourth-order valence-electron chi connectivity index (χ4n) is 1.31. The molecule has 0 saturated heterocycles. The molecule has 0 fully saturated rings. The summed E-state index contributed by atoms with van der Waals surface area (Å²) in [6.45, 7) is 2.03. The molecule has 88 valence electrons. The van der Waals surface area contributed by atoms with Gasteiger partial charge in [-0.05, 0) is 18.6 Å². The van der Waals surface area contributed by atoms with Crippen LogP contribution in [0.1, 0.15) is 26.2 Å². The molecule has 2 N–H and O–H groups in total. The van der Waals surface area contributed by atoms with E-state index in [1.165, 1.54) is 6.20 Å². The number of nitrogens with zero attached hydrogens (tertiary/aromatic N) is 1. The second kappa shape index (κ2) is 6.33. The van der Waals surface area contributed by atoms with Crippen LogP contribution in [0.4, 0.5) is 5.82 Å². The lowest BCUT2D eigenvalue weighted by atomic mass is 10.1. The lowest BCUT2D eigenvalue weighted by molar-refractivity contribution is -0.138. The Balaban J connectivity index is 2.60. The number of carboxylic acids is 1. The van der Waals surface area contributed by atoms with Gasteiger partial charge in [0.1, 0.15) is 11.9 Å². The summed E-state index contributed by atoms with van der Waals surface area (Å²) in [6, 6.07) is 2.76. The molecular formula is C11H15ClN2O2. The highest BCUT2D eigenvalue weighted by atomic mass is 35.5. The minimum atomic E-state index is -0.856. The van der Waals surface area contributed by atoms with Gasteiger partial charge in [0.2, 0.25) is 0 Å². The number of unbranched alkanes of at least 4 members (excludes halogenated alkanes) is 1. The molecule has 0 bridgehead atoms. The van der Waals surface area contributed by atoms with Gasteiger partial charge in [-0.3, -0.25) is 0 Å². The van der Waals surface area contributed by atoms with Gasteiger partial charge < -0.3 is 10.4 Å². The summed E-state index contributed by atoms with van der Waals surface area (Å²) in [5, 5.41) is 12.4. The molecule has 4 nitrogen and oxygen atoms in total. The van der Waals surface area contributed by atoms with Crippen LogP contribution in [-0.4, -0.2) is 22.1 Å². The van der Waals surface area contributed by atoms with Crippen LogP contribution in [0.5, 0.6) is 0 Å². The minimum Gasteiger partial charge on any atom is -0.480 e. The van der Waals surface area contributed by atoms with Crippen LogP contribution in [0.25, 0.3) is 0 Å². The van der Waals surface area contributed by atoms with Crippen molar-refractivity contribution < 1.29 is 9.90 Å². The number of rotatable bonds is 6. The summed E-state index contributed by atoms with van der Waals surface area (Å²) in [7, 11) is 0. The molecule has 0 aliphatic carbocycles. The molecule has 5 heteroatoms. The van der Waals surface area contributed by atoms with Crippen molar-refractivity contribution in [3.8, 4) is 0 Å². The van der Waals surface area contributed by atoms with E-state index in [4.69, 9.17) is 16.7 Å². The second-order valence-corrected chi connectivity index (χ2v) is 3.98. The maximum Gasteiger partial charge on any atom is 0.326 e. The second-order valence-electron chi connectivity index (χ2n) is 3.54. The maximum absolute atomic E-state index is 11.0. The zero-order chi connectivity index (χ0) is 12.0. The van der Waals surface area contributed by atoms with Gasteiger partial charge in [0, 0.05) is 6.20 Å². The molecule has 0 aliphatic heterocycles. The molecular weight excluding hydrogens is 228 g/mol. The Hall–Kier alpha value is -1.29. The number of pyridine rings is 1. The third-order valence-corrected chi connectivity index (χ3v) is 2.42. The predicted octanol–water partition coefficient (Wildman–Crippen LogP) is 2.79. The lowest BCUT2D eigenvalue weighted by Crippen LogP contribution is -2.29. The first-order valence-electron chi connectivity index (χ1n) is 5.24. The third kappa shape index (κ3) is 4.06. The number of anilines is 1. The normalized spacial score (nSPS) is 12.1. The quantitative estimate of drug-likeness (QED) is 0.805. The van der Waals surface area contributed by atoms with Crippen molar-refractivity contribution in [3.63, 3.8) is 0 Å². The van der Waals surface area contributed by atoms with Gasteiger partial charge in [-0.2, -0.15) is 0 Å². The average molecular weight is 243 g/mol. The molecule has 0 aromatic carbocycles. The molecule has 0 radical (unpaired) electrons. The Kier molecular flexibility index (Phi) is 5.05. The maximum atomic E-state index is 11.0. The van der Waals surface area contributed by atoms with Gasteiger partial charge >= 0.3 is 5.97 Å². The number of aromatic nitrogens is 1. The van der Waals surface area contributed by atoms with E-state index in [1.54, 1.807) is 12.1 Å². The average Bonchev–Trinajstić information content (AvgIpc) is 2.26. The summed E-state index contributed by atoms with van der Waals surface area (Å²) in [4.78, 5) is 15.0. The van der Waals surface area contributed by atoms with Gasteiger partial charge in [0.15, 0.2) is 0 Å². The summed E-state index contributed by atoms with van der Waals surface area (Å²) < 4.78 is 0. The monoisotopic (exact) mass is 242 g/mol. The van der Waals surface area contributed by atoms with Crippen LogP contribution in [0, 0.1) is 0 Å². The van der Waals surface area contributed by atoms with Crippen molar-refractivity contribution in [1.82, 2.24) is 4.98 Å². The Bertz CT molecular complexity index is 340. The molecule has 1 aromatic rings. The van der Waals surface area contributed by atoms with Crippen LogP contribution in [0.3, 0.4) is 0 Å². The molecule has 0 saturated carbocycles. The number of aliphatic carboxylic acids is 1. The van der Waals surface area contributed by atoms with Crippen molar-refractivity contribution in [2.75, 3.05) is 5.32 Å². The zero-order valence-corrected chi connectivity index (χ0v) is 9.87. The molecule has 0 spiro atoms. The van der Waals surface area contributed by atoms with Crippen molar-refractivity contribution in [2.24, 2.45) is 0 Å². The molecule has 1 atom stereocenters. The van der Waals surface area contributed by atoms with Gasteiger partial charge in [-0.1, -0.05) is 31.4 Å². The van der Waals surface area contributed by atoms with Crippen LogP contribution in [-0.2, 0) is 4.79 Å². The first-order chi connectivity index (χ1) is 7.63. The highest BCUT2D eigenvalue weighted by molar-refractivity contribution is 6.30. The van der Waals surface area contributed by atoms with E-state index < -0.39 is 12.0 Å². The van der Waals surface area contributed by atoms with E-state index in [0.717, 1.165) is 12.8 Å². The minimum absolute atomic E-state index is 0.533. The fraction of sp³-hybridized carbons (Fsp3) is 0.455. The van der Waals surface area contributed by atoms with Crippen LogP contribution >= 0.6 is 11.6 Å². The number of nitrogens with one attached hydrogen (secondary N) is 1. The van der Waals surface area contributed by atoms with E-state index in [9.17, 15) is 4.79 Å². The summed E-state index contributed by atoms with van der Waals surface area (Å²) in [5.41, 5.74) is 0. The third-order valence-electron chi connectivity index (χ3n) is 2.19. The van der Waals surface area contributed by atoms with Crippen molar-refractivity contribution >= 4 is 23.4 Å². The lowest BCUT2D eigenvalue weighted by Gasteiger charge is -2.14. The predicted molar refractivity (Wildman–Crippen MR) is 63.8 cm³/mol. The van der Waals surface area contributed by atoms with Gasteiger partial charge in [-0.15, -0.1) is 0 Å². The highest BCUT2D eigenvalue weighted by Crippen LogP contribution is 2.12. The summed E-state index contributed by atoms with van der Waals surface area (Å²) >= 11 is 5.69. The molecule has 1 unspecified atom stereocenters. The number of hydrogen-bond acceptors (Lipinski definition) is 3. The standard InChI is InChI=1S/C11H15ClN2O2/c1-2-3-4-9(11(15)16)14-10-6-5-8(12)7-13-10/h5-7,9H,2-4H2,1H3,(H,13,14)(H,15,16). The largest absolute Gasteiger partial charge is 0.480 e. The SMILES string of the molecule is CCCCC(Nc1ccc(Cl)cn1)C(=O)O. The van der Waals surface area contributed by atoms with E-state index in [1.807, 2.05) is 6.92 Å². The van der Waals surface area contributed by atoms with Crippen molar-refractivity contribution in [3.05, 3.63) is 23.4 Å². The Morgan fingerprint density at radius 3 is 2.88 bits per heavy atom. The van der Waals surface area contributed by atoms with E-state index in [-0.39, 0.29) is 0 Å². The Morgan fingerprint density at radius 1 is 1.62 bits per heavy atom. The molecule has 1 heterocycles. The van der Waals surface area contributed by atoms with Gasteiger partial charge in [0.05, 0.1) is 5.02 Å². The summed E-state index contributed by atoms with van der Waals surface area (Å²) in [6.07, 6.45) is 3.93. The van der Waals surface area contributed by atoms with Crippen LogP contribution in [0.15, 0.2) is 18.3 Å². The summed E-state index contributed by atoms with van der Waals surface area (Å²) in [5.74, 6) is -0.321. The molecule has 0 aliphatic rings. The van der Waals surface area contributed by atoms with Gasteiger partial charge in [0.25, 0.3) is 0 Å². The number of hydrogen-bond donors (Lipinski definition) is 2. The topological polar surface area (TPSA) is 62.2 Å². The van der Waals surface area contributed by atoms with Gasteiger partial charge in [-0.25, -0.2) is 9.78 Å². The first-order valence-corrected chi connectivity index (χ1v) is 5.62. The van der Waals surface area contributed by atoms with Crippen LogP contribution < -0.4 is 5.32 Å². The zero-order valence-electron chi connectivity index (χ0n) is 9.11. The number of carbonyl (C=O) groups is 1. The molecule has 16 heavy (non-hydrogen) atoms. The van der Waals surface area contributed by atoms with Crippen molar-refractivity contribution in [1.29, 1.82) is 0 Å². The van der Waals surface area contributed by atoms with Crippen molar-refractivity contribution in [2.45, 2.75) is 32.2 Å². The van der Waals surface area contributed by atoms with E-state index in [2.05, 4.69) is 10.3 Å². The molecule has 1 rings (SSSR count). The number of halogens is 1. The Labute approximate surface area is 99.6 Å². The first kappa shape index (κ1) is 12.8. The highest BCUT2D eigenvalue weighted by Gasteiger charge is 2.16. The smallest absolute Gasteiger partial charge is 0.326 e. The number of carboxylic acid groups (broad SMARTS) is 1. The van der Waals surface area contributed by atoms with Crippen LogP contribution in [0.2, 0.25) is 5.02 Å². The van der Waals surface area contributed by atoms with E-state index in [0.29, 0.717) is 17.3 Å². The van der Waals surface area contributed by atoms with E-state index >= 15 is 0 Å². The Morgan fingerprint density at radius 2 is 2.38 bits per heavy atom. The molecule has 0 amide bonds. The molecule has 1 aromatic heterocycles.